The van der Waals surface area contributed by atoms with Crippen molar-refractivity contribution in [2.75, 3.05) is 13.7 Å². The van der Waals surface area contributed by atoms with Gasteiger partial charge in [-0.2, -0.15) is 0 Å². The van der Waals surface area contributed by atoms with Crippen LogP contribution in [0, 0.1) is 0 Å². The zero-order valence-corrected chi connectivity index (χ0v) is 18.2. The Morgan fingerprint density at radius 2 is 1.76 bits per heavy atom. The van der Waals surface area contributed by atoms with Gasteiger partial charge in [0, 0.05) is 12.6 Å². The number of carbonyl (C=O) groups excluding carboxylic acids is 3. The lowest BCUT2D eigenvalue weighted by Gasteiger charge is -2.12. The molecule has 0 radical (unpaired) electrons. The number of ether oxygens (including phenoxy) is 2. The Balaban J connectivity index is 1.73. The Kier molecular flexibility index (Phi) is 5.82. The highest BCUT2D eigenvalue weighted by molar-refractivity contribution is 6.22. The monoisotopic (exact) mass is 450 g/mol. The second-order valence-electron chi connectivity index (χ2n) is 7.47. The van der Waals surface area contributed by atoms with E-state index in [1.807, 2.05) is 6.92 Å². The molecule has 10 heteroatoms. The molecule has 1 aliphatic heterocycles. The molecule has 3 aromatic rings. The maximum Gasteiger partial charge on any atom is 0.330 e. The third-order valence-corrected chi connectivity index (χ3v) is 5.30. The molecule has 33 heavy (non-hydrogen) atoms. The van der Waals surface area contributed by atoms with Crippen LogP contribution in [0.1, 0.15) is 46.0 Å². The van der Waals surface area contributed by atoms with Crippen molar-refractivity contribution in [2.45, 2.75) is 26.4 Å². The van der Waals surface area contributed by atoms with E-state index in [1.54, 1.807) is 6.07 Å². The Hall–Kier alpha value is -4.21. The molecule has 0 aliphatic carbocycles. The zero-order chi connectivity index (χ0) is 23.7. The molecule has 2 aromatic carbocycles. The molecule has 2 heterocycles. The number of phenols is 1. The molecule has 0 atom stereocenters. The number of hydrogen-bond acceptors (Lipinski definition) is 8. The second kappa shape index (κ2) is 8.73. The number of imide groups is 1. The summed E-state index contributed by atoms with van der Waals surface area (Å²) >= 11 is 0. The second-order valence-corrected chi connectivity index (χ2v) is 7.47. The molecule has 4 rings (SSSR count). The summed E-state index contributed by atoms with van der Waals surface area (Å²) in [6.45, 7) is 5.62. The van der Waals surface area contributed by atoms with Crippen LogP contribution >= 0.6 is 0 Å². The first-order valence-electron chi connectivity index (χ1n) is 10.3. The molecular weight excluding hydrogens is 428 g/mol. The molecule has 0 fully saturated rings. The van der Waals surface area contributed by atoms with Gasteiger partial charge >= 0.3 is 5.97 Å². The maximum atomic E-state index is 12.7. The Bertz CT molecular complexity index is 1240. The lowest BCUT2D eigenvalue weighted by molar-refractivity contribution is -0.138. The standard InChI is InChI=1S/C23H22N4O6/c1-4-6-7-26-22(30)14-10-16-17(11-15(14)23(26)31)25-27(24-16)18-8-13(12-33-20(28)5-2)9-19(32-3)21(18)29/h5,8-11,29H,2,4,6-7,12H2,1,3H3. The molecule has 2 amide bonds. The quantitative estimate of drug-likeness (QED) is 0.316. The summed E-state index contributed by atoms with van der Waals surface area (Å²) in [5.74, 6) is -1.38. The van der Waals surface area contributed by atoms with Crippen LogP contribution in [-0.4, -0.2) is 56.4 Å². The highest BCUT2D eigenvalue weighted by Gasteiger charge is 2.36. The van der Waals surface area contributed by atoms with Gasteiger partial charge in [-0.05, 0) is 36.2 Å². The SMILES string of the molecule is C=CC(=O)OCc1cc(OC)c(O)c(-n2nc3cc4c(cc3n2)C(=O)N(CCCC)C4=O)c1. The van der Waals surface area contributed by atoms with E-state index in [1.165, 1.54) is 35.0 Å². The smallest absolute Gasteiger partial charge is 0.330 e. The summed E-state index contributed by atoms with van der Waals surface area (Å²) < 4.78 is 10.3. The minimum atomic E-state index is -0.594. The number of rotatable bonds is 8. The molecule has 170 valence electrons. The Morgan fingerprint density at radius 3 is 2.30 bits per heavy atom. The third-order valence-electron chi connectivity index (χ3n) is 5.30. The summed E-state index contributed by atoms with van der Waals surface area (Å²) in [6.07, 6.45) is 2.64. The first kappa shape index (κ1) is 22.0. The first-order chi connectivity index (χ1) is 15.9. The highest BCUT2D eigenvalue weighted by atomic mass is 16.5. The van der Waals surface area contributed by atoms with Crippen molar-refractivity contribution >= 4 is 28.8 Å². The van der Waals surface area contributed by atoms with Gasteiger partial charge in [-0.25, -0.2) is 4.79 Å². The summed E-state index contributed by atoms with van der Waals surface area (Å²) in [6, 6.07) is 6.13. The van der Waals surface area contributed by atoms with Crippen LogP contribution in [0.15, 0.2) is 36.9 Å². The number of phenolic OH excluding ortho intramolecular Hbond substituents is 1. The molecule has 1 aromatic heterocycles. The van der Waals surface area contributed by atoms with Crippen LogP contribution in [0.2, 0.25) is 0 Å². The van der Waals surface area contributed by atoms with Crippen LogP contribution < -0.4 is 4.74 Å². The molecule has 0 saturated heterocycles. The van der Waals surface area contributed by atoms with Gasteiger partial charge in [-0.15, -0.1) is 15.0 Å². The van der Waals surface area contributed by atoms with Crippen molar-refractivity contribution in [3.05, 3.63) is 53.6 Å². The molecule has 0 bridgehead atoms. The van der Waals surface area contributed by atoms with Crippen LogP contribution in [0.5, 0.6) is 11.5 Å². The number of hydrogen-bond donors (Lipinski definition) is 1. The third kappa shape index (κ3) is 3.91. The number of unbranched alkanes of at least 4 members (excludes halogenated alkanes) is 1. The van der Waals surface area contributed by atoms with Gasteiger partial charge in [0.1, 0.15) is 23.3 Å². The van der Waals surface area contributed by atoms with Gasteiger partial charge in [0.05, 0.1) is 18.2 Å². The summed E-state index contributed by atoms with van der Waals surface area (Å²) in [4.78, 5) is 39.2. The fourth-order valence-corrected chi connectivity index (χ4v) is 3.58. The molecule has 10 nitrogen and oxygen atoms in total. The van der Waals surface area contributed by atoms with Crippen LogP contribution in [0.4, 0.5) is 0 Å². The van der Waals surface area contributed by atoms with Crippen LogP contribution in [0.3, 0.4) is 0 Å². The lowest BCUT2D eigenvalue weighted by atomic mass is 10.1. The van der Waals surface area contributed by atoms with E-state index in [-0.39, 0.29) is 46.7 Å². The van der Waals surface area contributed by atoms with Crippen molar-refractivity contribution in [3.8, 4) is 17.2 Å². The average molecular weight is 450 g/mol. The molecule has 0 spiro atoms. The number of aromatic nitrogens is 3. The number of benzene rings is 2. The number of aromatic hydroxyl groups is 1. The fraction of sp³-hybridized carbons (Fsp3) is 0.261. The number of nitrogens with zero attached hydrogens (tertiary/aromatic N) is 4. The zero-order valence-electron chi connectivity index (χ0n) is 18.2. The van der Waals surface area contributed by atoms with Crippen molar-refractivity contribution < 1.29 is 29.0 Å². The number of fused-ring (bicyclic) bond motifs is 2. The summed E-state index contributed by atoms with van der Waals surface area (Å²) in [7, 11) is 1.39. The van der Waals surface area contributed by atoms with Crippen LogP contribution in [0.25, 0.3) is 16.7 Å². The summed E-state index contributed by atoms with van der Waals surface area (Å²) in [5, 5.41) is 19.4. The molecule has 0 unspecified atom stereocenters. The molecule has 1 aliphatic rings. The maximum absolute atomic E-state index is 12.7. The Morgan fingerprint density at radius 1 is 1.12 bits per heavy atom. The molecule has 1 N–H and O–H groups in total. The van der Waals surface area contributed by atoms with Gasteiger partial charge in [0.15, 0.2) is 11.5 Å². The van der Waals surface area contributed by atoms with E-state index in [0.29, 0.717) is 23.1 Å². The minimum absolute atomic E-state index is 0.0832. The van der Waals surface area contributed by atoms with Crippen molar-refractivity contribution in [3.63, 3.8) is 0 Å². The average Bonchev–Trinajstić information content (AvgIpc) is 3.33. The van der Waals surface area contributed by atoms with Crippen molar-refractivity contribution in [1.29, 1.82) is 0 Å². The normalized spacial score (nSPS) is 12.8. The van der Waals surface area contributed by atoms with E-state index >= 15 is 0 Å². The predicted molar refractivity (Wildman–Crippen MR) is 117 cm³/mol. The summed E-state index contributed by atoms with van der Waals surface area (Å²) in [5.41, 5.74) is 2.03. The van der Waals surface area contributed by atoms with E-state index < -0.39 is 5.97 Å². The van der Waals surface area contributed by atoms with Gasteiger partial charge in [0.2, 0.25) is 0 Å². The van der Waals surface area contributed by atoms with E-state index in [4.69, 9.17) is 9.47 Å². The van der Waals surface area contributed by atoms with Crippen LogP contribution in [-0.2, 0) is 16.1 Å². The number of esters is 1. The number of amides is 2. The van der Waals surface area contributed by atoms with Gasteiger partial charge < -0.3 is 14.6 Å². The topological polar surface area (TPSA) is 124 Å². The van der Waals surface area contributed by atoms with E-state index in [9.17, 15) is 19.5 Å². The predicted octanol–water partition coefficient (Wildman–Crippen LogP) is 2.76. The number of methoxy groups -OCH3 is 1. The first-order valence-corrected chi connectivity index (χ1v) is 10.3. The molecule has 0 saturated carbocycles. The minimum Gasteiger partial charge on any atom is -0.503 e. The highest BCUT2D eigenvalue weighted by Crippen LogP contribution is 2.35. The molecular formula is C23H22N4O6. The van der Waals surface area contributed by atoms with Gasteiger partial charge in [-0.3, -0.25) is 14.5 Å². The van der Waals surface area contributed by atoms with Gasteiger partial charge in [0.25, 0.3) is 11.8 Å². The van der Waals surface area contributed by atoms with E-state index in [0.717, 1.165) is 18.9 Å². The lowest BCUT2D eigenvalue weighted by Crippen LogP contribution is -2.30. The fourth-order valence-electron chi connectivity index (χ4n) is 3.58. The Labute approximate surface area is 189 Å². The van der Waals surface area contributed by atoms with E-state index in [2.05, 4.69) is 16.8 Å². The number of carbonyl (C=O) groups is 3. The van der Waals surface area contributed by atoms with Crippen molar-refractivity contribution in [2.24, 2.45) is 0 Å². The van der Waals surface area contributed by atoms with Crippen molar-refractivity contribution in [1.82, 2.24) is 19.9 Å². The van der Waals surface area contributed by atoms with Gasteiger partial charge in [-0.1, -0.05) is 19.9 Å². The largest absolute Gasteiger partial charge is 0.503 e.